The first kappa shape index (κ1) is 17.4. The molecule has 8 nitrogen and oxygen atoms in total. The number of nitro groups is 1. The van der Waals surface area contributed by atoms with E-state index in [0.29, 0.717) is 5.82 Å². The van der Waals surface area contributed by atoms with Gasteiger partial charge in [-0.05, 0) is 53.8 Å². The summed E-state index contributed by atoms with van der Waals surface area (Å²) in [6.45, 7) is 7.81. The van der Waals surface area contributed by atoms with Gasteiger partial charge in [0.05, 0.1) is 4.92 Å². The maximum atomic E-state index is 11.6. The van der Waals surface area contributed by atoms with Crippen LogP contribution >= 0.6 is 0 Å². The number of nitrogens with one attached hydrogen (secondary N) is 1. The zero-order valence-electron chi connectivity index (χ0n) is 14.5. The normalized spacial score (nSPS) is 17.1. The van der Waals surface area contributed by atoms with Crippen molar-refractivity contribution >= 4 is 17.3 Å². The van der Waals surface area contributed by atoms with Crippen LogP contribution < -0.4 is 10.2 Å². The lowest BCUT2D eigenvalue weighted by molar-refractivity contribution is -0.383. The van der Waals surface area contributed by atoms with Gasteiger partial charge in [0.25, 0.3) is 0 Å². The van der Waals surface area contributed by atoms with E-state index in [1.807, 2.05) is 32.7 Å². The molecule has 128 valence electrons. The molecule has 1 aliphatic rings. The van der Waals surface area contributed by atoms with Gasteiger partial charge in [0, 0.05) is 18.6 Å². The summed E-state index contributed by atoms with van der Waals surface area (Å²) in [5.74, 6) is 0.651. The Labute approximate surface area is 137 Å². The van der Waals surface area contributed by atoms with E-state index in [9.17, 15) is 10.1 Å². The fourth-order valence-electron chi connectivity index (χ4n) is 2.80. The molecule has 0 aromatic carbocycles. The van der Waals surface area contributed by atoms with Crippen molar-refractivity contribution in [3.63, 3.8) is 0 Å². The van der Waals surface area contributed by atoms with Crippen LogP contribution in [-0.4, -0.2) is 58.6 Å². The number of anilines is 2. The van der Waals surface area contributed by atoms with Crippen molar-refractivity contribution in [2.24, 2.45) is 0 Å². The molecule has 1 saturated heterocycles. The quantitative estimate of drug-likeness (QED) is 0.671. The molecule has 0 saturated carbocycles. The number of aromatic nitrogens is 2. The Kier molecular flexibility index (Phi) is 5.03. The van der Waals surface area contributed by atoms with Crippen LogP contribution in [0.5, 0.6) is 0 Å². The summed E-state index contributed by atoms with van der Waals surface area (Å²) in [6, 6.07) is 0.252. The van der Waals surface area contributed by atoms with E-state index in [1.165, 1.54) is 6.33 Å². The molecule has 0 amide bonds. The summed E-state index contributed by atoms with van der Waals surface area (Å²) in [5.41, 5.74) is -0.369. The van der Waals surface area contributed by atoms with Gasteiger partial charge in [-0.2, -0.15) is 0 Å². The van der Waals surface area contributed by atoms with Gasteiger partial charge in [-0.25, -0.2) is 9.97 Å². The van der Waals surface area contributed by atoms with Crippen molar-refractivity contribution in [2.45, 2.75) is 45.2 Å². The van der Waals surface area contributed by atoms with Crippen molar-refractivity contribution < 1.29 is 4.92 Å². The largest absolute Gasteiger partial charge is 0.360 e. The standard InChI is InChI=1S/C15H26N6O2/c1-15(2,3)18-13-12(21(22)23)14(17-10-16-13)20(5)11-6-8-19(4)9-7-11/h10-11H,6-9H2,1-5H3,(H,16,17,18). The second-order valence-electron chi connectivity index (χ2n) is 7.17. The second kappa shape index (κ2) is 6.66. The summed E-state index contributed by atoms with van der Waals surface area (Å²) < 4.78 is 0. The summed E-state index contributed by atoms with van der Waals surface area (Å²) in [6.07, 6.45) is 3.33. The molecule has 23 heavy (non-hydrogen) atoms. The van der Waals surface area contributed by atoms with Crippen LogP contribution in [0, 0.1) is 10.1 Å². The van der Waals surface area contributed by atoms with Crippen LogP contribution in [-0.2, 0) is 0 Å². The zero-order valence-corrected chi connectivity index (χ0v) is 14.5. The van der Waals surface area contributed by atoms with Gasteiger partial charge in [0.1, 0.15) is 6.33 Å². The second-order valence-corrected chi connectivity index (χ2v) is 7.17. The monoisotopic (exact) mass is 322 g/mol. The van der Waals surface area contributed by atoms with Crippen LogP contribution in [0.4, 0.5) is 17.3 Å². The highest BCUT2D eigenvalue weighted by atomic mass is 16.6. The lowest BCUT2D eigenvalue weighted by Crippen LogP contribution is -2.42. The Morgan fingerprint density at radius 1 is 1.35 bits per heavy atom. The Morgan fingerprint density at radius 2 is 1.96 bits per heavy atom. The van der Waals surface area contributed by atoms with Crippen molar-refractivity contribution in [2.75, 3.05) is 37.4 Å². The fourth-order valence-corrected chi connectivity index (χ4v) is 2.80. The average molecular weight is 322 g/mol. The molecule has 0 bridgehead atoms. The maximum Gasteiger partial charge on any atom is 0.353 e. The Bertz CT molecular complexity index is 564. The van der Waals surface area contributed by atoms with Gasteiger partial charge in [-0.15, -0.1) is 0 Å². The molecule has 8 heteroatoms. The Hall–Kier alpha value is -1.96. The third-order valence-corrected chi connectivity index (χ3v) is 4.05. The number of hydrogen-bond acceptors (Lipinski definition) is 7. The number of rotatable bonds is 4. The highest BCUT2D eigenvalue weighted by Crippen LogP contribution is 2.34. The minimum absolute atomic E-state index is 0.0520. The van der Waals surface area contributed by atoms with Crippen LogP contribution in [0.1, 0.15) is 33.6 Å². The minimum Gasteiger partial charge on any atom is -0.360 e. The number of nitrogens with zero attached hydrogens (tertiary/aromatic N) is 5. The van der Waals surface area contributed by atoms with E-state index in [2.05, 4.69) is 27.2 Å². The molecular weight excluding hydrogens is 296 g/mol. The minimum atomic E-state index is -0.394. The van der Waals surface area contributed by atoms with Gasteiger partial charge >= 0.3 is 5.69 Å². The topological polar surface area (TPSA) is 87.4 Å². The van der Waals surface area contributed by atoms with Gasteiger partial charge < -0.3 is 15.1 Å². The van der Waals surface area contributed by atoms with E-state index in [4.69, 9.17) is 0 Å². The first-order chi connectivity index (χ1) is 10.7. The first-order valence-electron chi connectivity index (χ1n) is 7.88. The molecule has 2 heterocycles. The van der Waals surface area contributed by atoms with Crippen molar-refractivity contribution in [1.82, 2.24) is 14.9 Å². The highest BCUT2D eigenvalue weighted by Gasteiger charge is 2.31. The first-order valence-corrected chi connectivity index (χ1v) is 7.88. The molecule has 0 radical (unpaired) electrons. The summed E-state index contributed by atoms with van der Waals surface area (Å²) in [5, 5.41) is 14.7. The van der Waals surface area contributed by atoms with Crippen LogP contribution in [0.15, 0.2) is 6.33 Å². The van der Waals surface area contributed by atoms with Gasteiger partial charge in [-0.3, -0.25) is 10.1 Å². The third kappa shape index (κ3) is 4.28. The third-order valence-electron chi connectivity index (χ3n) is 4.05. The maximum absolute atomic E-state index is 11.6. The molecule has 0 aliphatic carbocycles. The smallest absolute Gasteiger partial charge is 0.353 e. The lowest BCUT2D eigenvalue weighted by atomic mass is 10.0. The van der Waals surface area contributed by atoms with E-state index in [0.717, 1.165) is 25.9 Å². The van der Waals surface area contributed by atoms with E-state index >= 15 is 0 Å². The average Bonchev–Trinajstić information content (AvgIpc) is 2.45. The molecule has 1 N–H and O–H groups in total. The molecule has 1 aliphatic heterocycles. The number of piperidine rings is 1. The van der Waals surface area contributed by atoms with E-state index in [1.54, 1.807) is 0 Å². The fraction of sp³-hybridized carbons (Fsp3) is 0.733. The molecule has 0 atom stereocenters. The van der Waals surface area contributed by atoms with Gasteiger partial charge in [-0.1, -0.05) is 0 Å². The van der Waals surface area contributed by atoms with Crippen LogP contribution in [0.3, 0.4) is 0 Å². The molecular formula is C15H26N6O2. The molecule has 1 aromatic rings. The van der Waals surface area contributed by atoms with Crippen molar-refractivity contribution in [3.05, 3.63) is 16.4 Å². The van der Waals surface area contributed by atoms with Crippen molar-refractivity contribution in [3.8, 4) is 0 Å². The zero-order chi connectivity index (χ0) is 17.2. The predicted octanol–water partition coefficient (Wildman–Crippen LogP) is 2.13. The molecule has 1 fully saturated rings. The van der Waals surface area contributed by atoms with E-state index < -0.39 is 4.92 Å². The number of likely N-dealkylation sites (tertiary alicyclic amines) is 1. The molecule has 2 rings (SSSR count). The summed E-state index contributed by atoms with van der Waals surface area (Å²) in [4.78, 5) is 23.7. The Morgan fingerprint density at radius 3 is 2.48 bits per heavy atom. The summed E-state index contributed by atoms with van der Waals surface area (Å²) in [7, 11) is 3.97. The molecule has 0 unspecified atom stereocenters. The van der Waals surface area contributed by atoms with Gasteiger partial charge in [0.2, 0.25) is 11.6 Å². The Balaban J connectivity index is 2.34. The predicted molar refractivity (Wildman–Crippen MR) is 91.0 cm³/mol. The van der Waals surface area contributed by atoms with Crippen molar-refractivity contribution in [1.29, 1.82) is 0 Å². The highest BCUT2D eigenvalue weighted by molar-refractivity contribution is 5.70. The number of hydrogen-bond donors (Lipinski definition) is 1. The SMILES string of the molecule is CN1CCC(N(C)c2ncnc(NC(C)(C)C)c2[N+](=O)[O-])CC1. The van der Waals surface area contributed by atoms with E-state index in [-0.39, 0.29) is 23.1 Å². The molecule has 1 aromatic heterocycles. The molecule has 0 spiro atoms. The summed E-state index contributed by atoms with van der Waals surface area (Å²) >= 11 is 0. The van der Waals surface area contributed by atoms with Gasteiger partial charge in [0.15, 0.2) is 0 Å². The lowest BCUT2D eigenvalue weighted by Gasteiger charge is -2.35. The van der Waals surface area contributed by atoms with Crippen LogP contribution in [0.25, 0.3) is 0 Å². The van der Waals surface area contributed by atoms with Crippen LogP contribution in [0.2, 0.25) is 0 Å².